The average molecular weight is 153 g/mol. The Morgan fingerprint density at radius 2 is 2.00 bits per heavy atom. The molecule has 0 aromatic rings. The Balaban J connectivity index is 2.45. The number of rotatable bonds is 0. The number of fused-ring (bicyclic) bond motifs is 2. The van der Waals surface area contributed by atoms with E-state index >= 15 is 0 Å². The summed E-state index contributed by atoms with van der Waals surface area (Å²) in [5, 5.41) is 0. The molecule has 11 heavy (non-hydrogen) atoms. The van der Waals surface area contributed by atoms with Crippen LogP contribution in [-0.2, 0) is 9.53 Å². The van der Waals surface area contributed by atoms with Gasteiger partial charge in [-0.15, -0.1) is 0 Å². The maximum Gasteiger partial charge on any atom is 0.314 e. The molecule has 2 aliphatic rings. The Bertz CT molecular complexity index is 217. The summed E-state index contributed by atoms with van der Waals surface area (Å²) in [4.78, 5) is 11.2. The summed E-state index contributed by atoms with van der Waals surface area (Å²) in [7, 11) is 0. The molecular formula is C9H13O2. The normalized spacial score (nSPS) is 41.2. The molecular weight excluding hydrogens is 140 g/mol. The molecule has 0 amide bonds. The van der Waals surface area contributed by atoms with Crippen molar-refractivity contribution in [3.05, 3.63) is 5.92 Å². The molecule has 1 radical (unpaired) electrons. The van der Waals surface area contributed by atoms with Crippen LogP contribution in [0.4, 0.5) is 0 Å². The van der Waals surface area contributed by atoms with E-state index in [9.17, 15) is 4.79 Å². The van der Waals surface area contributed by atoms with E-state index in [1.165, 1.54) is 0 Å². The third kappa shape index (κ3) is 0.608. The van der Waals surface area contributed by atoms with Gasteiger partial charge in [-0.2, -0.15) is 0 Å². The Hall–Kier alpha value is -0.530. The van der Waals surface area contributed by atoms with E-state index in [0.29, 0.717) is 0 Å². The van der Waals surface area contributed by atoms with Gasteiger partial charge >= 0.3 is 5.97 Å². The number of hydrogen-bond acceptors (Lipinski definition) is 2. The molecule has 61 valence electrons. The minimum Gasteiger partial charge on any atom is -0.458 e. The van der Waals surface area contributed by atoms with Gasteiger partial charge in [-0.25, -0.2) is 0 Å². The molecule has 2 nitrogen and oxygen atoms in total. The highest BCUT2D eigenvalue weighted by molar-refractivity contribution is 5.90. The molecule has 1 unspecified atom stereocenters. The number of carbonyl (C=O) groups excluding carboxylic acids is 1. The highest BCUT2D eigenvalue weighted by Gasteiger charge is 2.63. The van der Waals surface area contributed by atoms with Crippen molar-refractivity contribution < 1.29 is 9.53 Å². The molecule has 0 spiro atoms. The summed E-state index contributed by atoms with van der Waals surface area (Å²) < 4.78 is 5.29. The van der Waals surface area contributed by atoms with E-state index in [-0.39, 0.29) is 17.0 Å². The fourth-order valence-electron chi connectivity index (χ4n) is 2.11. The molecule has 1 aliphatic heterocycles. The van der Waals surface area contributed by atoms with Crippen molar-refractivity contribution in [1.29, 1.82) is 0 Å². The summed E-state index contributed by atoms with van der Waals surface area (Å²) in [5.74, 6) is 0.920. The van der Waals surface area contributed by atoms with Gasteiger partial charge in [0.2, 0.25) is 0 Å². The van der Waals surface area contributed by atoms with Crippen LogP contribution in [0.5, 0.6) is 0 Å². The Kier molecular flexibility index (Phi) is 1.05. The monoisotopic (exact) mass is 153 g/mol. The zero-order valence-corrected chi connectivity index (χ0v) is 7.23. The van der Waals surface area contributed by atoms with Gasteiger partial charge in [0, 0.05) is 5.41 Å². The summed E-state index contributed by atoms with van der Waals surface area (Å²) in [5.41, 5.74) is -0.233. The summed E-state index contributed by atoms with van der Waals surface area (Å²) in [6, 6.07) is 0. The second-order valence-corrected chi connectivity index (χ2v) is 4.22. The third-order valence-electron chi connectivity index (χ3n) is 3.49. The fraction of sp³-hybridized carbons (Fsp3) is 0.778. The van der Waals surface area contributed by atoms with Crippen LogP contribution in [0.15, 0.2) is 0 Å². The molecule has 2 bridgehead atoms. The van der Waals surface area contributed by atoms with Gasteiger partial charge < -0.3 is 4.74 Å². The van der Waals surface area contributed by atoms with Crippen LogP contribution < -0.4 is 0 Å². The van der Waals surface area contributed by atoms with Crippen molar-refractivity contribution in [2.45, 2.75) is 39.2 Å². The second kappa shape index (κ2) is 1.62. The lowest BCUT2D eigenvalue weighted by Gasteiger charge is -2.30. The third-order valence-corrected chi connectivity index (χ3v) is 3.49. The SMILES string of the molecule is CC12CC[C](C(=O)O1)C2(C)C. The molecule has 1 heterocycles. The Morgan fingerprint density at radius 3 is 2.18 bits per heavy atom. The molecule has 0 N–H and O–H groups in total. The molecule has 1 aliphatic carbocycles. The van der Waals surface area contributed by atoms with E-state index < -0.39 is 0 Å². The average Bonchev–Trinajstić information content (AvgIpc) is 2.13. The van der Waals surface area contributed by atoms with Crippen LogP contribution in [0.1, 0.15) is 33.6 Å². The predicted molar refractivity (Wildman–Crippen MR) is 40.8 cm³/mol. The highest BCUT2D eigenvalue weighted by atomic mass is 16.6. The first-order valence-corrected chi connectivity index (χ1v) is 4.07. The topological polar surface area (TPSA) is 26.3 Å². The van der Waals surface area contributed by atoms with Gasteiger partial charge in [0.25, 0.3) is 0 Å². The summed E-state index contributed by atoms with van der Waals surface area (Å²) in [6.45, 7) is 6.23. The molecule has 1 atom stereocenters. The summed E-state index contributed by atoms with van der Waals surface area (Å²) in [6.07, 6.45) is 1.93. The number of carbonyl (C=O) groups is 1. The number of ether oxygens (including phenoxy) is 1. The van der Waals surface area contributed by atoms with Crippen LogP contribution in [0.2, 0.25) is 0 Å². The second-order valence-electron chi connectivity index (χ2n) is 4.22. The Morgan fingerprint density at radius 1 is 1.36 bits per heavy atom. The van der Waals surface area contributed by atoms with Crippen LogP contribution in [0.3, 0.4) is 0 Å². The lowest BCUT2D eigenvalue weighted by atomic mass is 9.76. The quantitative estimate of drug-likeness (QED) is 0.495. The lowest BCUT2D eigenvalue weighted by Crippen LogP contribution is -2.34. The first-order valence-electron chi connectivity index (χ1n) is 4.07. The largest absolute Gasteiger partial charge is 0.458 e. The van der Waals surface area contributed by atoms with Crippen molar-refractivity contribution in [2.24, 2.45) is 5.41 Å². The van der Waals surface area contributed by atoms with Gasteiger partial charge in [0.15, 0.2) is 0 Å². The van der Waals surface area contributed by atoms with E-state index in [1.807, 2.05) is 6.92 Å². The molecule has 0 aromatic heterocycles. The van der Waals surface area contributed by atoms with Crippen LogP contribution >= 0.6 is 0 Å². The van der Waals surface area contributed by atoms with E-state index in [2.05, 4.69) is 13.8 Å². The Labute approximate surface area is 66.9 Å². The molecule has 1 saturated heterocycles. The maximum atomic E-state index is 11.2. The number of hydrogen-bond donors (Lipinski definition) is 0. The van der Waals surface area contributed by atoms with Crippen molar-refractivity contribution >= 4 is 5.97 Å². The minimum absolute atomic E-state index is 0.0237. The first kappa shape index (κ1) is 7.14. The highest BCUT2D eigenvalue weighted by Crippen LogP contribution is 2.59. The predicted octanol–water partition coefficient (Wildman–Crippen LogP) is 1.70. The van der Waals surface area contributed by atoms with Gasteiger partial charge in [0.05, 0.1) is 5.92 Å². The van der Waals surface area contributed by atoms with E-state index in [4.69, 9.17) is 4.74 Å². The molecule has 2 fully saturated rings. The summed E-state index contributed by atoms with van der Waals surface area (Å²) >= 11 is 0. The molecule has 2 rings (SSSR count). The van der Waals surface area contributed by atoms with Gasteiger partial charge in [-0.1, -0.05) is 13.8 Å². The van der Waals surface area contributed by atoms with Gasteiger partial charge in [-0.3, -0.25) is 4.79 Å². The molecule has 2 heteroatoms. The zero-order valence-electron chi connectivity index (χ0n) is 7.23. The zero-order chi connectivity index (χ0) is 8.28. The van der Waals surface area contributed by atoms with Crippen molar-refractivity contribution in [1.82, 2.24) is 0 Å². The van der Waals surface area contributed by atoms with Crippen molar-refractivity contribution in [3.63, 3.8) is 0 Å². The smallest absolute Gasteiger partial charge is 0.314 e. The first-order chi connectivity index (χ1) is 4.97. The van der Waals surface area contributed by atoms with E-state index in [0.717, 1.165) is 18.8 Å². The standard InChI is InChI=1S/C9H13O2/c1-8(2)6-4-5-9(8,3)11-7(6)10/h4-5H2,1-3H3. The van der Waals surface area contributed by atoms with Crippen LogP contribution in [0.25, 0.3) is 0 Å². The maximum absolute atomic E-state index is 11.2. The minimum atomic E-state index is -0.209. The van der Waals surface area contributed by atoms with Gasteiger partial charge in [-0.05, 0) is 19.8 Å². The number of esters is 1. The fourth-order valence-corrected chi connectivity index (χ4v) is 2.11. The van der Waals surface area contributed by atoms with Crippen molar-refractivity contribution in [2.75, 3.05) is 0 Å². The lowest BCUT2D eigenvalue weighted by molar-refractivity contribution is -0.151. The van der Waals surface area contributed by atoms with Crippen molar-refractivity contribution in [3.8, 4) is 0 Å². The van der Waals surface area contributed by atoms with Crippen LogP contribution in [-0.4, -0.2) is 11.6 Å². The molecule has 0 aromatic carbocycles. The van der Waals surface area contributed by atoms with Crippen LogP contribution in [0, 0.1) is 11.3 Å². The van der Waals surface area contributed by atoms with E-state index in [1.54, 1.807) is 0 Å². The molecule has 1 saturated carbocycles. The van der Waals surface area contributed by atoms with Gasteiger partial charge in [0.1, 0.15) is 5.60 Å².